The third kappa shape index (κ3) is 4.99. The van der Waals surface area contributed by atoms with Crippen molar-refractivity contribution in [3.63, 3.8) is 0 Å². The van der Waals surface area contributed by atoms with Gasteiger partial charge in [-0.2, -0.15) is 0 Å². The lowest BCUT2D eigenvalue weighted by molar-refractivity contribution is -0.129. The summed E-state index contributed by atoms with van der Waals surface area (Å²) < 4.78 is 10.5. The van der Waals surface area contributed by atoms with Crippen molar-refractivity contribution >= 4 is 23.3 Å². The molecule has 0 spiro atoms. The van der Waals surface area contributed by atoms with Crippen LogP contribution in [-0.2, 0) is 9.53 Å². The lowest BCUT2D eigenvalue weighted by Crippen LogP contribution is -2.50. The summed E-state index contributed by atoms with van der Waals surface area (Å²) in [6, 6.07) is 15.0. The van der Waals surface area contributed by atoms with Crippen LogP contribution in [0.2, 0.25) is 0 Å². The predicted octanol–water partition coefficient (Wildman–Crippen LogP) is 2.63. The molecule has 3 rings (SSSR count). The van der Waals surface area contributed by atoms with Crippen LogP contribution in [0, 0.1) is 0 Å². The van der Waals surface area contributed by atoms with Gasteiger partial charge in [-0.25, -0.2) is 4.79 Å². The van der Waals surface area contributed by atoms with Crippen LogP contribution in [0.25, 0.3) is 0 Å². The van der Waals surface area contributed by atoms with Gasteiger partial charge in [0, 0.05) is 31.9 Å². The van der Waals surface area contributed by atoms with Crippen LogP contribution in [0.4, 0.5) is 11.4 Å². The number of carbonyl (C=O) groups excluding carboxylic acids is 2. The quantitative estimate of drug-likeness (QED) is 0.725. The number of methoxy groups -OCH3 is 1. The van der Waals surface area contributed by atoms with Crippen LogP contribution in [0.15, 0.2) is 48.5 Å². The number of rotatable bonds is 7. The first-order valence-electron chi connectivity index (χ1n) is 9.79. The Bertz CT molecular complexity index is 847. The minimum Gasteiger partial charge on any atom is -0.495 e. The van der Waals surface area contributed by atoms with E-state index >= 15 is 0 Å². The van der Waals surface area contributed by atoms with Gasteiger partial charge in [-0.1, -0.05) is 24.3 Å². The van der Waals surface area contributed by atoms with Crippen LogP contribution in [0.1, 0.15) is 17.3 Å². The topological polar surface area (TPSA) is 71.1 Å². The monoisotopic (exact) mass is 397 g/mol. The molecule has 0 radical (unpaired) electrons. The van der Waals surface area contributed by atoms with Gasteiger partial charge in [0.05, 0.1) is 31.5 Å². The number of benzene rings is 2. The first-order chi connectivity index (χ1) is 14.1. The van der Waals surface area contributed by atoms with Gasteiger partial charge in [0.1, 0.15) is 5.75 Å². The summed E-state index contributed by atoms with van der Waals surface area (Å²) in [7, 11) is 1.67. The fraction of sp³-hybridized carbons (Fsp3) is 0.364. The van der Waals surface area contributed by atoms with Crippen molar-refractivity contribution in [2.75, 3.05) is 56.7 Å². The Morgan fingerprint density at radius 2 is 1.69 bits per heavy atom. The number of hydrogen-bond acceptors (Lipinski definition) is 6. The summed E-state index contributed by atoms with van der Waals surface area (Å²) in [5.41, 5.74) is 2.08. The number of anilines is 2. The second-order valence-electron chi connectivity index (χ2n) is 6.66. The normalized spacial score (nSPS) is 13.7. The minimum absolute atomic E-state index is 0.00309. The molecular formula is C22H27N3O4. The van der Waals surface area contributed by atoms with Crippen molar-refractivity contribution in [1.82, 2.24) is 4.90 Å². The third-order valence-corrected chi connectivity index (χ3v) is 4.91. The number of piperazine rings is 1. The molecule has 2 aromatic rings. The first-order valence-corrected chi connectivity index (χ1v) is 9.79. The summed E-state index contributed by atoms with van der Waals surface area (Å²) in [5, 5.41) is 3.09. The van der Waals surface area contributed by atoms with Crippen molar-refractivity contribution in [3.8, 4) is 5.75 Å². The average molecular weight is 397 g/mol. The molecule has 7 nitrogen and oxygen atoms in total. The molecule has 0 unspecified atom stereocenters. The largest absolute Gasteiger partial charge is 0.495 e. The number of nitrogens with one attached hydrogen (secondary N) is 1. The molecule has 1 aliphatic heterocycles. The third-order valence-electron chi connectivity index (χ3n) is 4.91. The summed E-state index contributed by atoms with van der Waals surface area (Å²) in [6.07, 6.45) is 0. The van der Waals surface area contributed by atoms with Gasteiger partial charge in [0.15, 0.2) is 0 Å². The number of ether oxygens (including phenoxy) is 2. The lowest BCUT2D eigenvalue weighted by Gasteiger charge is -2.36. The second-order valence-corrected chi connectivity index (χ2v) is 6.66. The molecule has 0 atom stereocenters. The number of hydrogen-bond donors (Lipinski definition) is 1. The van der Waals surface area contributed by atoms with Gasteiger partial charge < -0.3 is 24.6 Å². The SMILES string of the molecule is CCOC(=O)c1ccccc1NCC(=O)N1CCN(c2ccccc2OC)CC1. The highest BCUT2D eigenvalue weighted by atomic mass is 16.5. The average Bonchev–Trinajstić information content (AvgIpc) is 2.78. The van der Waals surface area contributed by atoms with E-state index in [1.54, 1.807) is 32.2 Å². The summed E-state index contributed by atoms with van der Waals surface area (Å²) in [4.78, 5) is 28.8. The van der Waals surface area contributed by atoms with Gasteiger partial charge >= 0.3 is 5.97 Å². The molecule has 7 heteroatoms. The maximum atomic E-state index is 12.6. The molecule has 0 bridgehead atoms. The van der Waals surface area contributed by atoms with E-state index < -0.39 is 5.97 Å². The van der Waals surface area contributed by atoms with Crippen LogP contribution in [0.3, 0.4) is 0 Å². The van der Waals surface area contributed by atoms with E-state index in [2.05, 4.69) is 10.2 Å². The number of nitrogens with zero attached hydrogens (tertiary/aromatic N) is 2. The fourth-order valence-corrected chi connectivity index (χ4v) is 3.39. The zero-order valence-electron chi connectivity index (χ0n) is 16.9. The Morgan fingerprint density at radius 3 is 2.41 bits per heavy atom. The highest BCUT2D eigenvalue weighted by molar-refractivity contribution is 5.96. The smallest absolute Gasteiger partial charge is 0.340 e. The molecule has 0 aliphatic carbocycles. The van der Waals surface area contributed by atoms with Gasteiger partial charge in [-0.15, -0.1) is 0 Å². The Hall–Kier alpha value is -3.22. The Kier molecular flexibility index (Phi) is 6.94. The van der Waals surface area contributed by atoms with Crippen LogP contribution >= 0.6 is 0 Å². The molecule has 0 saturated carbocycles. The van der Waals surface area contributed by atoms with Crippen molar-refractivity contribution < 1.29 is 19.1 Å². The minimum atomic E-state index is -0.395. The summed E-state index contributed by atoms with van der Waals surface area (Å²) in [6.45, 7) is 4.96. The number of esters is 1. The van der Waals surface area contributed by atoms with Crippen molar-refractivity contribution in [2.24, 2.45) is 0 Å². The van der Waals surface area contributed by atoms with E-state index in [9.17, 15) is 9.59 Å². The zero-order chi connectivity index (χ0) is 20.6. The molecule has 1 fully saturated rings. The van der Waals surface area contributed by atoms with E-state index in [0.29, 0.717) is 30.9 Å². The summed E-state index contributed by atoms with van der Waals surface area (Å²) >= 11 is 0. The molecule has 1 N–H and O–H groups in total. The molecule has 0 aromatic heterocycles. The van der Waals surface area contributed by atoms with Gasteiger partial charge in [-0.3, -0.25) is 4.79 Å². The second kappa shape index (κ2) is 9.82. The van der Waals surface area contributed by atoms with E-state index in [-0.39, 0.29) is 12.5 Å². The molecule has 1 heterocycles. The fourth-order valence-electron chi connectivity index (χ4n) is 3.39. The van der Waals surface area contributed by atoms with Crippen LogP contribution in [-0.4, -0.2) is 63.2 Å². The van der Waals surface area contributed by atoms with E-state index in [1.165, 1.54) is 0 Å². The molecule has 29 heavy (non-hydrogen) atoms. The van der Waals surface area contributed by atoms with Crippen molar-refractivity contribution in [3.05, 3.63) is 54.1 Å². The van der Waals surface area contributed by atoms with Crippen LogP contribution < -0.4 is 15.0 Å². The maximum Gasteiger partial charge on any atom is 0.340 e. The number of para-hydroxylation sites is 3. The lowest BCUT2D eigenvalue weighted by atomic mass is 10.1. The highest BCUT2D eigenvalue weighted by Gasteiger charge is 2.23. The number of amides is 1. The highest BCUT2D eigenvalue weighted by Crippen LogP contribution is 2.28. The van der Waals surface area contributed by atoms with Crippen molar-refractivity contribution in [1.29, 1.82) is 0 Å². The van der Waals surface area contributed by atoms with E-state index in [1.807, 2.05) is 35.2 Å². The van der Waals surface area contributed by atoms with E-state index in [4.69, 9.17) is 9.47 Å². The molecule has 1 aliphatic rings. The van der Waals surface area contributed by atoms with Gasteiger partial charge in [0.25, 0.3) is 0 Å². The zero-order valence-corrected chi connectivity index (χ0v) is 16.9. The molecule has 2 aromatic carbocycles. The first kappa shape index (κ1) is 20.5. The summed E-state index contributed by atoms with van der Waals surface area (Å²) in [5.74, 6) is 0.446. The van der Waals surface area contributed by atoms with E-state index in [0.717, 1.165) is 24.5 Å². The van der Waals surface area contributed by atoms with Crippen LogP contribution in [0.5, 0.6) is 5.75 Å². The molecular weight excluding hydrogens is 370 g/mol. The maximum absolute atomic E-state index is 12.6. The standard InChI is InChI=1S/C22H27N3O4/c1-3-29-22(27)17-8-4-5-9-18(17)23-16-21(26)25-14-12-24(13-15-25)19-10-6-7-11-20(19)28-2/h4-11,23H,3,12-16H2,1-2H3. The Morgan fingerprint density at radius 1 is 1.00 bits per heavy atom. The van der Waals surface area contributed by atoms with Gasteiger partial charge in [-0.05, 0) is 31.2 Å². The number of carbonyl (C=O) groups is 2. The molecule has 154 valence electrons. The molecule has 1 amide bonds. The van der Waals surface area contributed by atoms with Crippen molar-refractivity contribution in [2.45, 2.75) is 6.92 Å². The Balaban J connectivity index is 1.55. The predicted molar refractivity (Wildman–Crippen MR) is 113 cm³/mol. The Labute approximate surface area is 171 Å². The van der Waals surface area contributed by atoms with Gasteiger partial charge in [0.2, 0.25) is 5.91 Å². The molecule has 1 saturated heterocycles.